The number of nitrogen functional groups attached to an aromatic ring is 1. The predicted octanol–water partition coefficient (Wildman–Crippen LogP) is 3.76. The van der Waals surface area contributed by atoms with Crippen molar-refractivity contribution in [1.29, 1.82) is 0 Å². The average Bonchev–Trinajstić information content (AvgIpc) is 2.67. The van der Waals surface area contributed by atoms with E-state index in [0.29, 0.717) is 34.2 Å². The predicted molar refractivity (Wildman–Crippen MR) is 105 cm³/mol. The molecule has 1 aromatic heterocycles. The first-order valence-electron chi connectivity index (χ1n) is 9.23. The SMILES string of the molecule is C/C(=C(\CCF)SC(=O)C1CCCCC1)N(C=O)Cc1cnc(C)nc1N. The van der Waals surface area contributed by atoms with Crippen molar-refractivity contribution < 1.29 is 14.0 Å². The molecule has 1 amide bonds. The number of hydrogen-bond acceptors (Lipinski definition) is 6. The molecule has 0 atom stereocenters. The maximum Gasteiger partial charge on any atom is 0.214 e. The van der Waals surface area contributed by atoms with Crippen LogP contribution in [0.2, 0.25) is 0 Å². The Kier molecular flexibility index (Phi) is 8.22. The van der Waals surface area contributed by atoms with Crippen LogP contribution in [-0.4, -0.2) is 33.1 Å². The molecule has 1 saturated carbocycles. The molecule has 0 bridgehead atoms. The highest BCUT2D eigenvalue weighted by molar-refractivity contribution is 8.17. The summed E-state index contributed by atoms with van der Waals surface area (Å²) in [5.41, 5.74) is 7.08. The summed E-state index contributed by atoms with van der Waals surface area (Å²) in [5, 5.41) is 0.0709. The number of halogens is 1. The number of anilines is 1. The van der Waals surface area contributed by atoms with Crippen LogP contribution >= 0.6 is 11.8 Å². The fourth-order valence-electron chi connectivity index (χ4n) is 3.15. The Morgan fingerprint density at radius 2 is 2.11 bits per heavy atom. The van der Waals surface area contributed by atoms with Crippen LogP contribution in [0.25, 0.3) is 0 Å². The Hall–Kier alpha value is -1.96. The number of allylic oxidation sites excluding steroid dienone is 2. The maximum absolute atomic E-state index is 13.1. The molecule has 8 heteroatoms. The lowest BCUT2D eigenvalue weighted by Gasteiger charge is -2.24. The number of thioether (sulfide) groups is 1. The van der Waals surface area contributed by atoms with Gasteiger partial charge in [-0.15, -0.1) is 0 Å². The molecular weight excluding hydrogens is 367 g/mol. The van der Waals surface area contributed by atoms with Gasteiger partial charge in [0, 0.05) is 34.7 Å². The van der Waals surface area contributed by atoms with Crippen LogP contribution in [0.5, 0.6) is 0 Å². The van der Waals surface area contributed by atoms with Gasteiger partial charge in [0.1, 0.15) is 11.6 Å². The van der Waals surface area contributed by atoms with E-state index < -0.39 is 6.67 Å². The number of rotatable bonds is 8. The van der Waals surface area contributed by atoms with Gasteiger partial charge in [-0.2, -0.15) is 0 Å². The Labute approximate surface area is 163 Å². The highest BCUT2D eigenvalue weighted by Gasteiger charge is 2.24. The molecule has 0 unspecified atom stereocenters. The first kappa shape index (κ1) is 21.3. The fourth-order valence-corrected chi connectivity index (χ4v) is 4.24. The molecule has 2 N–H and O–H groups in total. The van der Waals surface area contributed by atoms with E-state index in [1.54, 1.807) is 20.0 Å². The third kappa shape index (κ3) is 6.02. The highest BCUT2D eigenvalue weighted by atomic mass is 32.2. The van der Waals surface area contributed by atoms with Gasteiger partial charge in [0.2, 0.25) is 6.41 Å². The Balaban J connectivity index is 2.18. The number of carbonyl (C=O) groups excluding carboxylic acids is 2. The molecular formula is C19H27FN4O2S. The van der Waals surface area contributed by atoms with Gasteiger partial charge in [0.15, 0.2) is 5.12 Å². The zero-order valence-electron chi connectivity index (χ0n) is 15.9. The quantitative estimate of drug-likeness (QED) is 0.675. The van der Waals surface area contributed by atoms with Crippen LogP contribution in [0.1, 0.15) is 56.8 Å². The van der Waals surface area contributed by atoms with Gasteiger partial charge in [-0.3, -0.25) is 14.0 Å². The summed E-state index contributed by atoms with van der Waals surface area (Å²) in [7, 11) is 0. The zero-order valence-corrected chi connectivity index (χ0v) is 16.7. The Morgan fingerprint density at radius 3 is 2.70 bits per heavy atom. The minimum absolute atomic E-state index is 0.0250. The van der Waals surface area contributed by atoms with Crippen LogP contribution in [0.3, 0.4) is 0 Å². The van der Waals surface area contributed by atoms with E-state index in [0.717, 1.165) is 37.4 Å². The molecule has 0 aliphatic heterocycles. The first-order valence-corrected chi connectivity index (χ1v) is 10.0. The van der Waals surface area contributed by atoms with E-state index in [1.165, 1.54) is 11.3 Å². The smallest absolute Gasteiger partial charge is 0.214 e. The topological polar surface area (TPSA) is 89.2 Å². The summed E-state index contributed by atoms with van der Waals surface area (Å²) < 4.78 is 13.1. The van der Waals surface area contributed by atoms with Gasteiger partial charge in [0.05, 0.1) is 13.2 Å². The number of aromatic nitrogens is 2. The normalized spacial score (nSPS) is 16.0. The summed E-state index contributed by atoms with van der Waals surface area (Å²) in [4.78, 5) is 34.5. The molecule has 27 heavy (non-hydrogen) atoms. The number of aryl methyl sites for hydroxylation is 1. The largest absolute Gasteiger partial charge is 0.383 e. The van der Waals surface area contributed by atoms with Crippen LogP contribution in [0.15, 0.2) is 16.8 Å². The van der Waals surface area contributed by atoms with Gasteiger partial charge in [-0.25, -0.2) is 9.97 Å². The minimum atomic E-state index is -0.583. The summed E-state index contributed by atoms with van der Waals surface area (Å²) in [6.45, 7) is 3.05. The lowest BCUT2D eigenvalue weighted by Crippen LogP contribution is -2.22. The minimum Gasteiger partial charge on any atom is -0.383 e. The number of hydrogen-bond donors (Lipinski definition) is 1. The first-order chi connectivity index (χ1) is 13.0. The van der Waals surface area contributed by atoms with Crippen LogP contribution in [0, 0.1) is 12.8 Å². The molecule has 1 aromatic rings. The summed E-state index contributed by atoms with van der Waals surface area (Å²) in [6, 6.07) is 0. The van der Waals surface area contributed by atoms with Crippen molar-refractivity contribution >= 4 is 29.1 Å². The van der Waals surface area contributed by atoms with Gasteiger partial charge in [-0.1, -0.05) is 31.0 Å². The van der Waals surface area contributed by atoms with Crippen molar-refractivity contribution in [2.75, 3.05) is 12.4 Å². The third-order valence-corrected chi connectivity index (χ3v) is 6.09. The fraction of sp³-hybridized carbons (Fsp3) is 0.579. The number of amides is 1. The maximum atomic E-state index is 13.1. The number of alkyl halides is 1. The van der Waals surface area contributed by atoms with Gasteiger partial charge in [-0.05, 0) is 26.7 Å². The van der Waals surface area contributed by atoms with Crippen molar-refractivity contribution in [3.63, 3.8) is 0 Å². The molecule has 1 aliphatic rings. The summed E-state index contributed by atoms with van der Waals surface area (Å²) in [5.74, 6) is 0.880. The molecule has 1 aliphatic carbocycles. The average molecular weight is 395 g/mol. The van der Waals surface area contributed by atoms with E-state index in [2.05, 4.69) is 9.97 Å². The molecule has 2 rings (SSSR count). The molecule has 1 heterocycles. The van der Waals surface area contributed by atoms with Gasteiger partial charge < -0.3 is 10.6 Å². The van der Waals surface area contributed by atoms with E-state index in [-0.39, 0.29) is 24.0 Å². The van der Waals surface area contributed by atoms with Gasteiger partial charge >= 0.3 is 0 Å². The summed E-state index contributed by atoms with van der Waals surface area (Å²) >= 11 is 1.08. The second-order valence-electron chi connectivity index (χ2n) is 6.76. The molecule has 0 radical (unpaired) electrons. The lowest BCUT2D eigenvalue weighted by atomic mass is 9.90. The molecule has 0 aromatic carbocycles. The van der Waals surface area contributed by atoms with Crippen molar-refractivity contribution in [2.24, 2.45) is 5.92 Å². The van der Waals surface area contributed by atoms with Crippen LogP contribution in [0.4, 0.5) is 10.2 Å². The van der Waals surface area contributed by atoms with E-state index in [9.17, 15) is 14.0 Å². The third-order valence-electron chi connectivity index (χ3n) is 4.80. The molecule has 0 saturated heterocycles. The van der Waals surface area contributed by atoms with E-state index in [4.69, 9.17) is 5.73 Å². The molecule has 6 nitrogen and oxygen atoms in total. The number of nitrogens with zero attached hydrogens (tertiary/aromatic N) is 3. The number of carbonyl (C=O) groups is 2. The van der Waals surface area contributed by atoms with Crippen LogP contribution < -0.4 is 5.73 Å². The lowest BCUT2D eigenvalue weighted by molar-refractivity contribution is -0.117. The van der Waals surface area contributed by atoms with Gasteiger partial charge in [0.25, 0.3) is 0 Å². The molecule has 0 spiro atoms. The second-order valence-corrected chi connectivity index (χ2v) is 7.86. The van der Waals surface area contributed by atoms with Crippen molar-refractivity contribution in [3.8, 4) is 0 Å². The van der Waals surface area contributed by atoms with Crippen molar-refractivity contribution in [1.82, 2.24) is 14.9 Å². The molecule has 148 valence electrons. The second kappa shape index (κ2) is 10.4. The number of nitrogens with two attached hydrogens (primary N) is 1. The van der Waals surface area contributed by atoms with Crippen LogP contribution in [-0.2, 0) is 16.1 Å². The Morgan fingerprint density at radius 1 is 1.41 bits per heavy atom. The highest BCUT2D eigenvalue weighted by Crippen LogP contribution is 2.34. The Bertz CT molecular complexity index is 705. The monoisotopic (exact) mass is 394 g/mol. The van der Waals surface area contributed by atoms with E-state index in [1.807, 2.05) is 0 Å². The van der Waals surface area contributed by atoms with Crippen molar-refractivity contribution in [3.05, 3.63) is 28.2 Å². The molecule has 1 fully saturated rings. The van der Waals surface area contributed by atoms with E-state index >= 15 is 0 Å². The summed E-state index contributed by atoms with van der Waals surface area (Å²) in [6.07, 6.45) is 7.43. The zero-order chi connectivity index (χ0) is 19.8. The van der Waals surface area contributed by atoms with Crippen molar-refractivity contribution in [2.45, 2.75) is 58.9 Å². The standard InChI is InChI=1S/C19H27FN4O2S/c1-13(24(12-25)11-16-10-22-14(2)23-18(16)21)17(8-9-20)27-19(26)15-6-4-3-5-7-15/h10,12,15H,3-9,11H2,1-2H3,(H2,21,22,23)/b17-13-.